The molecule has 2 aromatic rings. The minimum absolute atomic E-state index is 0.219. The molecule has 5 heteroatoms. The quantitative estimate of drug-likeness (QED) is 0.771. The molecule has 2 aromatic carbocycles. The summed E-state index contributed by atoms with van der Waals surface area (Å²) in [7, 11) is 0. The Hall–Kier alpha value is -2.92. The summed E-state index contributed by atoms with van der Waals surface area (Å²) in [6, 6.07) is 17.1. The molecule has 2 aliphatic heterocycles. The zero-order valence-electron chi connectivity index (χ0n) is 16.4. The number of benzene rings is 2. The van der Waals surface area contributed by atoms with E-state index in [1.807, 2.05) is 61.5 Å². The van der Waals surface area contributed by atoms with Gasteiger partial charge in [0.05, 0.1) is 11.3 Å². The van der Waals surface area contributed by atoms with Crippen molar-refractivity contribution >= 4 is 23.1 Å². The van der Waals surface area contributed by atoms with Gasteiger partial charge < -0.3 is 9.80 Å². The van der Waals surface area contributed by atoms with Crippen molar-refractivity contribution < 1.29 is 9.59 Å². The van der Waals surface area contributed by atoms with Crippen LogP contribution in [0, 0.1) is 6.92 Å². The molecule has 0 radical (unpaired) electrons. The zero-order valence-corrected chi connectivity index (χ0v) is 16.4. The van der Waals surface area contributed by atoms with Crippen LogP contribution in [0.3, 0.4) is 0 Å². The molecule has 144 valence electrons. The predicted octanol–water partition coefficient (Wildman–Crippen LogP) is 2.92. The Bertz CT molecular complexity index is 928. The molecule has 0 bridgehead atoms. The molecule has 0 spiro atoms. The number of aryl methyl sites for hydroxylation is 1. The number of hydrogen-bond donors (Lipinski definition) is 0. The van der Waals surface area contributed by atoms with Crippen LogP contribution in [0.15, 0.2) is 60.3 Å². The van der Waals surface area contributed by atoms with Gasteiger partial charge in [-0.3, -0.25) is 9.59 Å². The molecule has 2 amide bonds. The second kappa shape index (κ2) is 7.60. The number of anilines is 1. The highest BCUT2D eigenvalue weighted by Crippen LogP contribution is 2.36. The van der Waals surface area contributed by atoms with E-state index < -0.39 is 0 Å². The van der Waals surface area contributed by atoms with Gasteiger partial charge in [-0.05, 0) is 30.7 Å². The lowest BCUT2D eigenvalue weighted by molar-refractivity contribution is -0.120. The van der Waals surface area contributed by atoms with Gasteiger partial charge in [0, 0.05) is 26.2 Å². The lowest BCUT2D eigenvalue weighted by Gasteiger charge is -2.36. The number of imide groups is 1. The fourth-order valence-electron chi connectivity index (χ4n) is 4.00. The number of piperazine rings is 1. The summed E-state index contributed by atoms with van der Waals surface area (Å²) in [6.45, 7) is 8.37. The van der Waals surface area contributed by atoms with Crippen LogP contribution in [0.4, 0.5) is 5.69 Å². The van der Waals surface area contributed by atoms with Crippen LogP contribution in [0.2, 0.25) is 0 Å². The van der Waals surface area contributed by atoms with Crippen LogP contribution >= 0.6 is 0 Å². The number of amides is 2. The van der Waals surface area contributed by atoms with Crippen molar-refractivity contribution in [3.8, 4) is 0 Å². The van der Waals surface area contributed by atoms with Crippen LogP contribution in [-0.2, 0) is 9.59 Å². The van der Waals surface area contributed by atoms with E-state index in [-0.39, 0.29) is 11.8 Å². The second-order valence-corrected chi connectivity index (χ2v) is 7.24. The molecule has 0 saturated carbocycles. The smallest absolute Gasteiger partial charge is 0.282 e. The first-order chi connectivity index (χ1) is 13.6. The van der Waals surface area contributed by atoms with Gasteiger partial charge in [-0.1, -0.05) is 55.5 Å². The van der Waals surface area contributed by atoms with Crippen molar-refractivity contribution in [2.24, 2.45) is 0 Å². The first-order valence-electron chi connectivity index (χ1n) is 9.83. The van der Waals surface area contributed by atoms with Crippen LogP contribution in [0.1, 0.15) is 18.1 Å². The molecule has 0 N–H and O–H groups in total. The van der Waals surface area contributed by atoms with Crippen molar-refractivity contribution in [2.75, 3.05) is 37.6 Å². The summed E-state index contributed by atoms with van der Waals surface area (Å²) in [5.41, 5.74) is 3.42. The number of para-hydroxylation sites is 1. The van der Waals surface area contributed by atoms with Crippen molar-refractivity contribution in [1.82, 2.24) is 9.80 Å². The van der Waals surface area contributed by atoms with E-state index >= 15 is 0 Å². The Morgan fingerprint density at radius 3 is 2.11 bits per heavy atom. The third-order valence-corrected chi connectivity index (χ3v) is 5.61. The summed E-state index contributed by atoms with van der Waals surface area (Å²) in [6.07, 6.45) is 0. The van der Waals surface area contributed by atoms with Gasteiger partial charge in [0.1, 0.15) is 5.70 Å². The number of carbonyl (C=O) groups is 2. The summed E-state index contributed by atoms with van der Waals surface area (Å²) < 4.78 is 0. The fraction of sp³-hybridized carbons (Fsp3) is 0.304. The first kappa shape index (κ1) is 18.4. The topological polar surface area (TPSA) is 43.9 Å². The fourth-order valence-corrected chi connectivity index (χ4v) is 4.00. The number of rotatable bonds is 4. The molecule has 4 rings (SSSR count). The number of carbonyl (C=O) groups excluding carboxylic acids is 2. The third-order valence-electron chi connectivity index (χ3n) is 5.61. The molecular formula is C23H25N3O2. The van der Waals surface area contributed by atoms with Crippen molar-refractivity contribution in [1.29, 1.82) is 0 Å². The van der Waals surface area contributed by atoms with E-state index in [1.54, 1.807) is 0 Å². The van der Waals surface area contributed by atoms with Crippen LogP contribution in [0.25, 0.3) is 5.57 Å². The van der Waals surface area contributed by atoms with E-state index in [1.165, 1.54) is 4.90 Å². The molecule has 28 heavy (non-hydrogen) atoms. The van der Waals surface area contributed by atoms with Gasteiger partial charge in [-0.25, -0.2) is 4.90 Å². The molecule has 0 aromatic heterocycles. The number of likely N-dealkylation sites (N-methyl/N-ethyl adjacent to an activating group) is 1. The average molecular weight is 375 g/mol. The number of hydrogen-bond acceptors (Lipinski definition) is 4. The molecule has 0 unspecified atom stereocenters. The summed E-state index contributed by atoms with van der Waals surface area (Å²) in [4.78, 5) is 32.7. The minimum atomic E-state index is -0.238. The van der Waals surface area contributed by atoms with Gasteiger partial charge in [0.2, 0.25) is 0 Å². The SMILES string of the molecule is CCN1CCN(C2=C(c3ccccc3)C(=O)N(c3ccccc3C)C2=O)CC1. The largest absolute Gasteiger partial charge is 0.364 e. The summed E-state index contributed by atoms with van der Waals surface area (Å²) in [5, 5.41) is 0. The van der Waals surface area contributed by atoms with Crippen molar-refractivity contribution in [2.45, 2.75) is 13.8 Å². The maximum Gasteiger partial charge on any atom is 0.282 e. The van der Waals surface area contributed by atoms with E-state index in [9.17, 15) is 9.59 Å². The molecule has 1 saturated heterocycles. The normalized spacial score (nSPS) is 18.4. The summed E-state index contributed by atoms with van der Waals surface area (Å²) >= 11 is 0. The second-order valence-electron chi connectivity index (χ2n) is 7.24. The van der Waals surface area contributed by atoms with Gasteiger partial charge in [0.25, 0.3) is 11.8 Å². The van der Waals surface area contributed by atoms with Crippen molar-refractivity contribution in [3.63, 3.8) is 0 Å². The average Bonchev–Trinajstić information content (AvgIpc) is 2.99. The minimum Gasteiger partial charge on any atom is -0.364 e. The summed E-state index contributed by atoms with van der Waals surface area (Å²) in [5.74, 6) is -0.457. The standard InChI is InChI=1S/C23H25N3O2/c1-3-24-13-15-25(16-14-24)21-20(18-10-5-4-6-11-18)22(27)26(23(21)28)19-12-8-7-9-17(19)2/h4-12H,3,13-16H2,1-2H3. The lowest BCUT2D eigenvalue weighted by Crippen LogP contribution is -2.47. The Morgan fingerprint density at radius 2 is 1.46 bits per heavy atom. The highest BCUT2D eigenvalue weighted by atomic mass is 16.2. The molecule has 0 aliphatic carbocycles. The van der Waals surface area contributed by atoms with E-state index in [0.29, 0.717) is 17.0 Å². The van der Waals surface area contributed by atoms with Crippen LogP contribution < -0.4 is 4.90 Å². The van der Waals surface area contributed by atoms with E-state index in [0.717, 1.165) is 43.9 Å². The zero-order chi connectivity index (χ0) is 19.7. The van der Waals surface area contributed by atoms with Gasteiger partial charge in [-0.2, -0.15) is 0 Å². The molecule has 2 aliphatic rings. The highest BCUT2D eigenvalue weighted by molar-refractivity contribution is 6.45. The maximum absolute atomic E-state index is 13.5. The Balaban J connectivity index is 1.78. The van der Waals surface area contributed by atoms with E-state index in [4.69, 9.17) is 0 Å². The van der Waals surface area contributed by atoms with Gasteiger partial charge in [-0.15, -0.1) is 0 Å². The Kier molecular flexibility index (Phi) is 5.01. The first-order valence-corrected chi connectivity index (χ1v) is 9.83. The lowest BCUT2D eigenvalue weighted by atomic mass is 10.0. The van der Waals surface area contributed by atoms with Crippen molar-refractivity contribution in [3.05, 3.63) is 71.4 Å². The maximum atomic E-state index is 13.5. The molecule has 5 nitrogen and oxygen atoms in total. The third kappa shape index (κ3) is 3.12. The molecular weight excluding hydrogens is 350 g/mol. The van der Waals surface area contributed by atoms with E-state index in [2.05, 4.69) is 16.7 Å². The van der Waals surface area contributed by atoms with Gasteiger partial charge in [0.15, 0.2) is 0 Å². The molecule has 2 heterocycles. The van der Waals surface area contributed by atoms with Crippen LogP contribution in [-0.4, -0.2) is 54.3 Å². The van der Waals surface area contributed by atoms with Crippen LogP contribution in [0.5, 0.6) is 0 Å². The predicted molar refractivity (Wildman–Crippen MR) is 111 cm³/mol. The molecule has 0 atom stereocenters. The number of nitrogens with zero attached hydrogens (tertiary/aromatic N) is 3. The highest BCUT2D eigenvalue weighted by Gasteiger charge is 2.43. The monoisotopic (exact) mass is 375 g/mol. The molecule has 1 fully saturated rings. The Labute approximate surface area is 165 Å². The Morgan fingerprint density at radius 1 is 0.821 bits per heavy atom. The van der Waals surface area contributed by atoms with Gasteiger partial charge >= 0.3 is 0 Å².